The Kier molecular flexibility index (Phi) is 10.0. The van der Waals surface area contributed by atoms with E-state index < -0.39 is 0 Å². The number of methoxy groups -OCH3 is 1. The largest absolute Gasteiger partial charge is 0.497 e. The van der Waals surface area contributed by atoms with Crippen molar-refractivity contribution in [3.63, 3.8) is 0 Å². The van der Waals surface area contributed by atoms with Crippen molar-refractivity contribution in [1.82, 2.24) is 10.6 Å². The van der Waals surface area contributed by atoms with Crippen LogP contribution in [0.15, 0.2) is 29.3 Å². The lowest BCUT2D eigenvalue weighted by Crippen LogP contribution is -2.41. The van der Waals surface area contributed by atoms with Crippen molar-refractivity contribution >= 4 is 29.9 Å². The van der Waals surface area contributed by atoms with Crippen LogP contribution in [0.25, 0.3) is 0 Å². The van der Waals surface area contributed by atoms with Crippen LogP contribution in [0.4, 0.5) is 0 Å². The first-order valence-corrected chi connectivity index (χ1v) is 8.01. The van der Waals surface area contributed by atoms with E-state index in [2.05, 4.69) is 27.8 Å². The molecule has 0 radical (unpaired) electrons. The van der Waals surface area contributed by atoms with E-state index in [1.165, 1.54) is 12.0 Å². The van der Waals surface area contributed by atoms with Crippen molar-refractivity contribution in [3.8, 4) is 5.75 Å². The number of guanidine groups is 1. The summed E-state index contributed by atoms with van der Waals surface area (Å²) in [6.07, 6.45) is 4.74. The number of benzene rings is 1. The smallest absolute Gasteiger partial charge is 0.191 e. The lowest BCUT2D eigenvalue weighted by molar-refractivity contribution is 0.114. The number of hydrogen-bond donors (Lipinski definition) is 2. The number of rotatable bonds is 7. The maximum atomic E-state index is 5.59. The average molecular weight is 433 g/mol. The summed E-state index contributed by atoms with van der Waals surface area (Å²) in [7, 11) is 3.49. The second-order valence-electron chi connectivity index (χ2n) is 5.47. The molecule has 1 aliphatic rings. The van der Waals surface area contributed by atoms with Crippen LogP contribution in [0.3, 0.4) is 0 Å². The molecule has 1 heterocycles. The topological polar surface area (TPSA) is 54.9 Å². The van der Waals surface area contributed by atoms with Gasteiger partial charge in [0.15, 0.2) is 5.96 Å². The minimum atomic E-state index is 0. The van der Waals surface area contributed by atoms with Gasteiger partial charge in [0.1, 0.15) is 5.75 Å². The number of aryl methyl sites for hydroxylation is 1. The van der Waals surface area contributed by atoms with Crippen LogP contribution in [0.2, 0.25) is 0 Å². The summed E-state index contributed by atoms with van der Waals surface area (Å²) in [5.41, 5.74) is 1.32. The molecule has 23 heavy (non-hydrogen) atoms. The molecule has 0 aliphatic carbocycles. The number of halogens is 1. The predicted molar refractivity (Wildman–Crippen MR) is 105 cm³/mol. The van der Waals surface area contributed by atoms with E-state index >= 15 is 0 Å². The minimum absolute atomic E-state index is 0. The molecule has 1 saturated heterocycles. The van der Waals surface area contributed by atoms with Crippen LogP contribution in [-0.2, 0) is 11.2 Å². The molecule has 1 fully saturated rings. The maximum absolute atomic E-state index is 5.59. The molecule has 0 spiro atoms. The maximum Gasteiger partial charge on any atom is 0.191 e. The van der Waals surface area contributed by atoms with Gasteiger partial charge in [-0.25, -0.2) is 0 Å². The van der Waals surface area contributed by atoms with Crippen molar-refractivity contribution < 1.29 is 9.47 Å². The molecule has 0 aromatic heterocycles. The van der Waals surface area contributed by atoms with Crippen LogP contribution in [0.1, 0.15) is 24.8 Å². The van der Waals surface area contributed by atoms with Gasteiger partial charge in [-0.05, 0) is 43.4 Å². The highest BCUT2D eigenvalue weighted by Gasteiger charge is 2.15. The van der Waals surface area contributed by atoms with Crippen molar-refractivity contribution in [2.75, 3.05) is 33.9 Å². The van der Waals surface area contributed by atoms with Gasteiger partial charge in [-0.3, -0.25) is 4.99 Å². The minimum Gasteiger partial charge on any atom is -0.497 e. The van der Waals surface area contributed by atoms with Gasteiger partial charge in [0.05, 0.1) is 13.2 Å². The van der Waals surface area contributed by atoms with Gasteiger partial charge >= 0.3 is 0 Å². The van der Waals surface area contributed by atoms with Crippen LogP contribution >= 0.6 is 24.0 Å². The van der Waals surface area contributed by atoms with Crippen LogP contribution in [0.5, 0.6) is 5.75 Å². The molecule has 1 unspecified atom stereocenters. The molecule has 1 atom stereocenters. The summed E-state index contributed by atoms with van der Waals surface area (Å²) in [6, 6.07) is 8.24. The third-order valence-electron chi connectivity index (χ3n) is 3.84. The molecule has 0 bridgehead atoms. The second-order valence-corrected chi connectivity index (χ2v) is 5.47. The Morgan fingerprint density at radius 3 is 2.70 bits per heavy atom. The first kappa shape index (κ1) is 20.0. The summed E-state index contributed by atoms with van der Waals surface area (Å²) in [6.45, 7) is 2.62. The Balaban J connectivity index is 0.00000264. The monoisotopic (exact) mass is 433 g/mol. The van der Waals surface area contributed by atoms with Crippen molar-refractivity contribution in [2.24, 2.45) is 4.99 Å². The fraction of sp³-hybridized carbons (Fsp3) is 0.588. The third-order valence-corrected chi connectivity index (χ3v) is 3.84. The van der Waals surface area contributed by atoms with E-state index in [9.17, 15) is 0 Å². The molecule has 130 valence electrons. The average Bonchev–Trinajstić information content (AvgIpc) is 3.08. The zero-order valence-electron chi connectivity index (χ0n) is 14.0. The van der Waals surface area contributed by atoms with Crippen molar-refractivity contribution in [1.29, 1.82) is 0 Å². The fourth-order valence-corrected chi connectivity index (χ4v) is 2.53. The van der Waals surface area contributed by atoms with Gasteiger partial charge < -0.3 is 20.1 Å². The Morgan fingerprint density at radius 1 is 1.30 bits per heavy atom. The summed E-state index contributed by atoms with van der Waals surface area (Å²) in [5.74, 6) is 1.76. The third kappa shape index (κ3) is 7.39. The van der Waals surface area contributed by atoms with Gasteiger partial charge in [0.25, 0.3) is 0 Å². The lowest BCUT2D eigenvalue weighted by atomic mass is 10.1. The molecule has 0 saturated carbocycles. The van der Waals surface area contributed by atoms with Gasteiger partial charge in [-0.15, -0.1) is 24.0 Å². The first-order chi connectivity index (χ1) is 10.8. The van der Waals surface area contributed by atoms with Gasteiger partial charge in [-0.2, -0.15) is 0 Å². The number of nitrogens with one attached hydrogen (secondary N) is 2. The van der Waals surface area contributed by atoms with E-state index in [0.717, 1.165) is 50.7 Å². The molecule has 1 aromatic carbocycles. The number of aliphatic imine (C=N–C) groups is 1. The van der Waals surface area contributed by atoms with Gasteiger partial charge in [0, 0.05) is 26.7 Å². The molecule has 1 aliphatic heterocycles. The summed E-state index contributed by atoms with van der Waals surface area (Å²) in [4.78, 5) is 4.24. The van der Waals surface area contributed by atoms with E-state index in [4.69, 9.17) is 9.47 Å². The van der Waals surface area contributed by atoms with E-state index in [1.807, 2.05) is 12.1 Å². The molecular weight excluding hydrogens is 405 g/mol. The Labute approximate surface area is 156 Å². The Bertz CT molecular complexity index is 459. The van der Waals surface area contributed by atoms with E-state index in [0.29, 0.717) is 6.10 Å². The number of ether oxygens (including phenoxy) is 2. The molecule has 0 amide bonds. The standard InChI is InChI=1S/C17H27N3O2.HI/c1-18-17(20-13-16-6-4-12-22-16)19-11-3-5-14-7-9-15(21-2)10-8-14;/h7-10,16H,3-6,11-13H2,1-2H3,(H2,18,19,20);1H. The van der Waals surface area contributed by atoms with Crippen molar-refractivity contribution in [3.05, 3.63) is 29.8 Å². The zero-order valence-corrected chi connectivity index (χ0v) is 16.3. The van der Waals surface area contributed by atoms with Gasteiger partial charge in [0.2, 0.25) is 0 Å². The lowest BCUT2D eigenvalue weighted by Gasteiger charge is -2.15. The second kappa shape index (κ2) is 11.5. The summed E-state index contributed by atoms with van der Waals surface area (Å²) in [5, 5.41) is 6.67. The highest BCUT2D eigenvalue weighted by atomic mass is 127. The molecule has 2 rings (SSSR count). The SMILES string of the molecule is CN=C(NCCCc1ccc(OC)cc1)NCC1CCCO1.I. The first-order valence-electron chi connectivity index (χ1n) is 8.01. The zero-order chi connectivity index (χ0) is 15.6. The van der Waals surface area contributed by atoms with E-state index in [1.54, 1.807) is 14.2 Å². The number of hydrogen-bond acceptors (Lipinski definition) is 3. The predicted octanol–water partition coefficient (Wildman–Crippen LogP) is 2.59. The molecular formula is C17H28IN3O2. The van der Waals surface area contributed by atoms with E-state index in [-0.39, 0.29) is 24.0 Å². The molecule has 1 aromatic rings. The highest BCUT2D eigenvalue weighted by molar-refractivity contribution is 14.0. The Hall–Kier alpha value is -1.02. The van der Waals surface area contributed by atoms with Gasteiger partial charge in [-0.1, -0.05) is 12.1 Å². The van der Waals surface area contributed by atoms with Crippen LogP contribution in [0, 0.1) is 0 Å². The molecule has 5 nitrogen and oxygen atoms in total. The molecule has 6 heteroatoms. The number of nitrogens with zero attached hydrogens (tertiary/aromatic N) is 1. The Morgan fingerprint density at radius 2 is 2.09 bits per heavy atom. The highest BCUT2D eigenvalue weighted by Crippen LogP contribution is 2.12. The van der Waals surface area contributed by atoms with Crippen LogP contribution in [-0.4, -0.2) is 45.9 Å². The van der Waals surface area contributed by atoms with Crippen molar-refractivity contribution in [2.45, 2.75) is 31.8 Å². The summed E-state index contributed by atoms with van der Waals surface area (Å²) < 4.78 is 10.8. The fourth-order valence-electron chi connectivity index (χ4n) is 2.53. The molecule has 2 N–H and O–H groups in total. The normalized spacial score (nSPS) is 17.5. The summed E-state index contributed by atoms with van der Waals surface area (Å²) >= 11 is 0. The quantitative estimate of drug-likeness (QED) is 0.301. The van der Waals surface area contributed by atoms with Crippen LogP contribution < -0.4 is 15.4 Å².